The molecule has 0 bridgehead atoms. The van der Waals surface area contributed by atoms with E-state index in [4.69, 9.17) is 15.3 Å². The summed E-state index contributed by atoms with van der Waals surface area (Å²) in [6.45, 7) is 0.448. The van der Waals surface area contributed by atoms with E-state index in [0.717, 1.165) is 5.56 Å². The molecule has 2 rings (SSSR count). The van der Waals surface area contributed by atoms with Crippen molar-refractivity contribution in [3.63, 3.8) is 0 Å². The minimum atomic E-state index is -1.52. The Morgan fingerprint density at radius 3 is 2.94 bits per heavy atom. The second-order valence-electron chi connectivity index (χ2n) is 3.51. The highest BCUT2D eigenvalue weighted by Crippen LogP contribution is 2.02. The Bertz CT molecular complexity index is 561. The predicted molar refractivity (Wildman–Crippen MR) is 60.1 cm³/mol. The topological polar surface area (TPSA) is 95.0 Å². The van der Waals surface area contributed by atoms with Crippen LogP contribution in [0.25, 0.3) is 0 Å². The van der Waals surface area contributed by atoms with Gasteiger partial charge in [-0.15, -0.1) is 0 Å². The summed E-state index contributed by atoms with van der Waals surface area (Å²) in [7, 11) is -1.52. The average molecular weight is 228 g/mol. The molecule has 2 heterocycles. The zero-order chi connectivity index (χ0) is 12.3. The molecule has 2 N–H and O–H groups in total. The molecule has 0 aliphatic carbocycles. The summed E-state index contributed by atoms with van der Waals surface area (Å²) < 4.78 is 1.56. The van der Waals surface area contributed by atoms with Gasteiger partial charge in [-0.25, -0.2) is 4.98 Å². The zero-order valence-corrected chi connectivity index (χ0v) is 8.85. The van der Waals surface area contributed by atoms with E-state index in [-0.39, 0.29) is 0 Å². The van der Waals surface area contributed by atoms with Crippen molar-refractivity contribution in [1.82, 2.24) is 14.8 Å². The fourth-order valence-electron chi connectivity index (χ4n) is 1.42. The number of hydrogen-bond acceptors (Lipinski definition) is 5. The summed E-state index contributed by atoms with van der Waals surface area (Å²) in [6.07, 6.45) is 4.48. The van der Waals surface area contributed by atoms with E-state index in [0.29, 0.717) is 17.7 Å². The highest BCUT2D eigenvalue weighted by molar-refractivity contribution is 6.58. The number of hydrogen-bond donors (Lipinski definition) is 2. The smallest absolute Gasteiger partial charge is 0.423 e. The van der Waals surface area contributed by atoms with Crippen LogP contribution in [0.1, 0.15) is 11.3 Å². The lowest BCUT2D eigenvalue weighted by Gasteiger charge is -2.01. The third-order valence-corrected chi connectivity index (χ3v) is 2.23. The molecule has 0 spiro atoms. The van der Waals surface area contributed by atoms with Gasteiger partial charge in [0.1, 0.15) is 11.8 Å². The maximum atomic E-state index is 8.93. The van der Waals surface area contributed by atoms with Crippen molar-refractivity contribution < 1.29 is 10.0 Å². The van der Waals surface area contributed by atoms with Crippen LogP contribution in [-0.4, -0.2) is 31.9 Å². The number of nitriles is 1. The lowest BCUT2D eigenvalue weighted by atomic mass is 9.83. The van der Waals surface area contributed by atoms with Gasteiger partial charge in [0.05, 0.1) is 6.54 Å². The van der Waals surface area contributed by atoms with Crippen LogP contribution in [0.2, 0.25) is 0 Å². The molecule has 0 aromatic carbocycles. The Kier molecular flexibility index (Phi) is 3.18. The molecule has 0 aliphatic heterocycles. The second kappa shape index (κ2) is 4.78. The summed E-state index contributed by atoms with van der Waals surface area (Å²) >= 11 is 0. The molecule has 0 aliphatic rings. The molecular formula is C10H9BN4O2. The number of pyridine rings is 1. The molecule has 0 atom stereocenters. The standard InChI is InChI=1S/C10H9BN4O2/c12-4-10-3-8(1-2-13-10)6-15-7-9(5-14-15)11(16)17/h1-3,5,7,16-17H,6H2. The summed E-state index contributed by atoms with van der Waals surface area (Å²) in [5.41, 5.74) is 1.55. The maximum Gasteiger partial charge on any atom is 0.491 e. The van der Waals surface area contributed by atoms with Crippen LogP contribution >= 0.6 is 0 Å². The van der Waals surface area contributed by atoms with E-state index in [9.17, 15) is 0 Å². The van der Waals surface area contributed by atoms with Gasteiger partial charge in [-0.2, -0.15) is 10.4 Å². The number of rotatable bonds is 3. The van der Waals surface area contributed by atoms with Gasteiger partial charge in [-0.3, -0.25) is 4.68 Å². The molecule has 0 fully saturated rings. The van der Waals surface area contributed by atoms with Crippen molar-refractivity contribution in [3.8, 4) is 6.07 Å². The van der Waals surface area contributed by atoms with Crippen LogP contribution in [0.4, 0.5) is 0 Å². The SMILES string of the molecule is N#Cc1cc(Cn2cc(B(O)O)cn2)ccn1. The summed E-state index contributed by atoms with van der Waals surface area (Å²) in [6, 6.07) is 5.39. The highest BCUT2D eigenvalue weighted by Gasteiger charge is 2.13. The Labute approximate surface area is 97.9 Å². The van der Waals surface area contributed by atoms with Crippen LogP contribution in [0.3, 0.4) is 0 Å². The van der Waals surface area contributed by atoms with Crippen LogP contribution in [0.5, 0.6) is 0 Å². The third-order valence-electron chi connectivity index (χ3n) is 2.23. The van der Waals surface area contributed by atoms with Crippen LogP contribution in [-0.2, 0) is 6.54 Å². The largest absolute Gasteiger partial charge is 0.491 e. The molecule has 2 aromatic heterocycles. The third kappa shape index (κ3) is 2.69. The van der Waals surface area contributed by atoms with E-state index >= 15 is 0 Å². The first kappa shape index (κ1) is 11.3. The first-order valence-corrected chi connectivity index (χ1v) is 4.92. The number of nitrogens with zero attached hydrogens (tertiary/aromatic N) is 4. The van der Waals surface area contributed by atoms with Crippen LogP contribution < -0.4 is 5.46 Å². The number of aromatic nitrogens is 3. The lowest BCUT2D eigenvalue weighted by Crippen LogP contribution is -2.28. The minimum Gasteiger partial charge on any atom is -0.423 e. The fraction of sp³-hybridized carbons (Fsp3) is 0.100. The average Bonchev–Trinajstić information content (AvgIpc) is 2.78. The molecule has 0 saturated carbocycles. The van der Waals surface area contributed by atoms with E-state index in [2.05, 4.69) is 10.1 Å². The molecule has 6 nitrogen and oxygen atoms in total. The molecule has 7 heteroatoms. The normalized spacial score (nSPS) is 9.94. The summed E-state index contributed by atoms with van der Waals surface area (Å²) in [4.78, 5) is 3.86. The van der Waals surface area contributed by atoms with Gasteiger partial charge in [0.25, 0.3) is 0 Å². The van der Waals surface area contributed by atoms with Gasteiger partial charge in [0.15, 0.2) is 0 Å². The Balaban J connectivity index is 2.17. The molecule has 84 valence electrons. The van der Waals surface area contributed by atoms with Gasteiger partial charge in [0, 0.05) is 24.1 Å². The van der Waals surface area contributed by atoms with E-state index in [1.165, 1.54) is 12.4 Å². The molecule has 2 aromatic rings. The first-order chi connectivity index (χ1) is 8.19. The van der Waals surface area contributed by atoms with Crippen LogP contribution in [0.15, 0.2) is 30.7 Å². The van der Waals surface area contributed by atoms with E-state index in [1.54, 1.807) is 23.0 Å². The van der Waals surface area contributed by atoms with Crippen molar-refractivity contribution in [1.29, 1.82) is 5.26 Å². The Morgan fingerprint density at radius 2 is 2.29 bits per heavy atom. The summed E-state index contributed by atoms with van der Waals surface area (Å²) in [5, 5.41) is 30.6. The summed E-state index contributed by atoms with van der Waals surface area (Å²) in [5.74, 6) is 0. The molecule has 0 unspecified atom stereocenters. The van der Waals surface area contributed by atoms with Crippen LogP contribution in [0, 0.1) is 11.3 Å². The van der Waals surface area contributed by atoms with Crippen molar-refractivity contribution in [2.24, 2.45) is 0 Å². The highest BCUT2D eigenvalue weighted by atomic mass is 16.4. The van der Waals surface area contributed by atoms with Gasteiger partial charge in [-0.1, -0.05) is 0 Å². The fourth-order valence-corrected chi connectivity index (χ4v) is 1.42. The molecular weight excluding hydrogens is 219 g/mol. The molecule has 17 heavy (non-hydrogen) atoms. The molecule has 0 saturated heterocycles. The first-order valence-electron chi connectivity index (χ1n) is 4.92. The van der Waals surface area contributed by atoms with E-state index in [1.807, 2.05) is 6.07 Å². The second-order valence-corrected chi connectivity index (χ2v) is 3.51. The lowest BCUT2D eigenvalue weighted by molar-refractivity contribution is 0.425. The maximum absolute atomic E-state index is 8.93. The van der Waals surface area contributed by atoms with E-state index < -0.39 is 7.12 Å². The Morgan fingerprint density at radius 1 is 1.47 bits per heavy atom. The van der Waals surface area contributed by atoms with Crippen molar-refractivity contribution >= 4 is 12.6 Å². The Hall–Kier alpha value is -2.17. The van der Waals surface area contributed by atoms with Gasteiger partial charge >= 0.3 is 7.12 Å². The molecule has 0 radical (unpaired) electrons. The van der Waals surface area contributed by atoms with Crippen molar-refractivity contribution in [3.05, 3.63) is 42.0 Å². The quantitative estimate of drug-likeness (QED) is 0.648. The van der Waals surface area contributed by atoms with Gasteiger partial charge in [-0.05, 0) is 17.7 Å². The van der Waals surface area contributed by atoms with Crippen molar-refractivity contribution in [2.75, 3.05) is 0 Å². The zero-order valence-electron chi connectivity index (χ0n) is 8.85. The van der Waals surface area contributed by atoms with Gasteiger partial charge < -0.3 is 10.0 Å². The predicted octanol–water partition coefficient (Wildman–Crippen LogP) is -1.12. The van der Waals surface area contributed by atoms with Gasteiger partial charge in [0.2, 0.25) is 0 Å². The van der Waals surface area contributed by atoms with Crippen molar-refractivity contribution in [2.45, 2.75) is 6.54 Å². The molecule has 0 amide bonds. The minimum absolute atomic E-state index is 0.333. The monoisotopic (exact) mass is 228 g/mol.